The third kappa shape index (κ3) is 2.84. The minimum atomic E-state index is 0.566. The lowest BCUT2D eigenvalue weighted by atomic mass is 10.2. The lowest BCUT2D eigenvalue weighted by Gasteiger charge is -2.09. The van der Waals surface area contributed by atoms with Crippen molar-refractivity contribution < 1.29 is 9.47 Å². The second-order valence-electron chi connectivity index (χ2n) is 4.80. The number of nitrogens with zero attached hydrogens (tertiary/aromatic N) is 1. The number of aromatic nitrogens is 2. The summed E-state index contributed by atoms with van der Waals surface area (Å²) in [6.07, 6.45) is 0.990. The highest BCUT2D eigenvalue weighted by Gasteiger charge is 2.14. The molecule has 0 aliphatic carbocycles. The van der Waals surface area contributed by atoms with Crippen LogP contribution in [0, 0.1) is 0 Å². The number of H-pyrrole nitrogens is 1. The smallest absolute Gasteiger partial charge is 0.137 e. The second kappa shape index (κ2) is 6.07. The molecular weight excluding hydrogens is 254 g/mol. The van der Waals surface area contributed by atoms with Gasteiger partial charge in [0.2, 0.25) is 0 Å². The summed E-state index contributed by atoms with van der Waals surface area (Å²) in [6, 6.07) is 7.98. The van der Waals surface area contributed by atoms with Gasteiger partial charge in [0.25, 0.3) is 0 Å². The zero-order chi connectivity index (χ0) is 13.8. The molecular formula is C15H19N3O2. The maximum Gasteiger partial charge on any atom is 0.137 e. The summed E-state index contributed by atoms with van der Waals surface area (Å²) in [5.41, 5.74) is 3.46. The number of fused-ring (bicyclic) bond motifs is 1. The average molecular weight is 273 g/mol. The average Bonchev–Trinajstić information content (AvgIpc) is 2.92. The van der Waals surface area contributed by atoms with Crippen LogP contribution in [0.1, 0.15) is 11.4 Å². The Kier molecular flexibility index (Phi) is 3.99. The molecule has 0 amide bonds. The number of imidazole rings is 1. The van der Waals surface area contributed by atoms with E-state index in [0.29, 0.717) is 13.2 Å². The number of rotatable bonds is 5. The molecule has 2 aromatic rings. The van der Waals surface area contributed by atoms with Gasteiger partial charge in [-0.1, -0.05) is 0 Å². The highest BCUT2D eigenvalue weighted by Crippen LogP contribution is 2.22. The predicted molar refractivity (Wildman–Crippen MR) is 76.8 cm³/mol. The van der Waals surface area contributed by atoms with Gasteiger partial charge in [-0.3, -0.25) is 0 Å². The van der Waals surface area contributed by atoms with E-state index in [0.717, 1.165) is 36.6 Å². The Morgan fingerprint density at radius 2 is 2.05 bits per heavy atom. The Balaban J connectivity index is 1.72. The maximum absolute atomic E-state index is 5.55. The van der Waals surface area contributed by atoms with Crippen LogP contribution >= 0.6 is 0 Å². The van der Waals surface area contributed by atoms with Crippen LogP contribution in [0.4, 0.5) is 0 Å². The Hall–Kier alpha value is -1.85. The van der Waals surface area contributed by atoms with Crippen LogP contribution in [0.5, 0.6) is 5.75 Å². The van der Waals surface area contributed by atoms with E-state index in [9.17, 15) is 0 Å². The number of benzene rings is 1. The lowest BCUT2D eigenvalue weighted by Crippen LogP contribution is -2.23. The predicted octanol–water partition coefficient (Wildman–Crippen LogP) is 1.75. The van der Waals surface area contributed by atoms with E-state index >= 15 is 0 Å². The van der Waals surface area contributed by atoms with Gasteiger partial charge >= 0.3 is 0 Å². The summed E-state index contributed by atoms with van der Waals surface area (Å²) in [6.45, 7) is 3.04. The first-order valence-electron chi connectivity index (χ1n) is 6.87. The summed E-state index contributed by atoms with van der Waals surface area (Å²) in [5, 5.41) is 3.34. The van der Waals surface area contributed by atoms with E-state index in [-0.39, 0.29) is 0 Å². The van der Waals surface area contributed by atoms with Gasteiger partial charge in [-0.15, -0.1) is 0 Å². The number of methoxy groups -OCH3 is 1. The molecule has 20 heavy (non-hydrogen) atoms. The first kappa shape index (κ1) is 13.1. The maximum atomic E-state index is 5.55. The number of nitrogens with one attached hydrogen (secondary N) is 2. The number of aromatic amines is 1. The van der Waals surface area contributed by atoms with Crippen molar-refractivity contribution in [2.24, 2.45) is 0 Å². The molecule has 1 aliphatic rings. The lowest BCUT2D eigenvalue weighted by molar-refractivity contribution is 0.146. The molecule has 5 nitrogen and oxygen atoms in total. The molecule has 5 heteroatoms. The van der Waals surface area contributed by atoms with Crippen LogP contribution in [0.2, 0.25) is 0 Å². The molecule has 2 heterocycles. The molecule has 0 saturated carbocycles. The van der Waals surface area contributed by atoms with Gasteiger partial charge in [0.05, 0.1) is 18.0 Å². The van der Waals surface area contributed by atoms with Crippen molar-refractivity contribution in [2.45, 2.75) is 13.0 Å². The van der Waals surface area contributed by atoms with E-state index in [2.05, 4.69) is 15.3 Å². The van der Waals surface area contributed by atoms with Gasteiger partial charge in [0, 0.05) is 32.2 Å². The molecule has 0 spiro atoms. The normalized spacial score (nSPS) is 14.1. The first-order chi connectivity index (χ1) is 9.86. The molecule has 0 bridgehead atoms. The highest BCUT2D eigenvalue weighted by molar-refractivity contribution is 5.57. The fourth-order valence-corrected chi connectivity index (χ4v) is 2.31. The number of ether oxygens (including phenoxy) is 2. The van der Waals surface area contributed by atoms with E-state index in [1.165, 1.54) is 11.4 Å². The molecule has 1 aliphatic heterocycles. The molecule has 0 saturated heterocycles. The van der Waals surface area contributed by atoms with Gasteiger partial charge in [-0.05, 0) is 24.3 Å². The topological polar surface area (TPSA) is 59.2 Å². The van der Waals surface area contributed by atoms with E-state index in [1.807, 2.05) is 24.3 Å². The Morgan fingerprint density at radius 3 is 2.80 bits per heavy atom. The van der Waals surface area contributed by atoms with Crippen LogP contribution in [0.25, 0.3) is 11.4 Å². The molecule has 3 rings (SSSR count). The number of hydrogen-bond donors (Lipinski definition) is 2. The van der Waals surface area contributed by atoms with Gasteiger partial charge in [0.15, 0.2) is 0 Å². The van der Waals surface area contributed by atoms with E-state index < -0.39 is 0 Å². The monoisotopic (exact) mass is 273 g/mol. The minimum absolute atomic E-state index is 0.566. The Bertz CT molecular complexity index is 539. The van der Waals surface area contributed by atoms with Crippen LogP contribution in [-0.4, -0.2) is 36.8 Å². The van der Waals surface area contributed by atoms with E-state index in [1.54, 1.807) is 7.11 Å². The largest absolute Gasteiger partial charge is 0.491 e. The van der Waals surface area contributed by atoms with Crippen molar-refractivity contribution >= 4 is 0 Å². The SMILES string of the molecule is COCCOc1ccc(-c2nc3c([nH]2)CNCC3)cc1. The van der Waals surface area contributed by atoms with Crippen molar-refractivity contribution in [3.8, 4) is 17.1 Å². The molecule has 106 valence electrons. The Morgan fingerprint density at radius 1 is 1.20 bits per heavy atom. The molecule has 2 N–H and O–H groups in total. The third-order valence-electron chi connectivity index (χ3n) is 3.39. The van der Waals surface area contributed by atoms with Crippen LogP contribution in [0.15, 0.2) is 24.3 Å². The standard InChI is InChI=1S/C15H19N3O2/c1-19-8-9-20-12-4-2-11(3-5-12)15-17-13-6-7-16-10-14(13)18-15/h2-5,16H,6-10H2,1H3,(H,17,18). The van der Waals surface area contributed by atoms with E-state index in [4.69, 9.17) is 9.47 Å². The van der Waals surface area contributed by atoms with Gasteiger partial charge < -0.3 is 19.8 Å². The van der Waals surface area contributed by atoms with Crippen LogP contribution < -0.4 is 10.1 Å². The van der Waals surface area contributed by atoms with Gasteiger partial charge in [-0.2, -0.15) is 0 Å². The highest BCUT2D eigenvalue weighted by atomic mass is 16.5. The molecule has 0 radical (unpaired) electrons. The van der Waals surface area contributed by atoms with Crippen molar-refractivity contribution in [2.75, 3.05) is 26.9 Å². The third-order valence-corrected chi connectivity index (χ3v) is 3.39. The first-order valence-corrected chi connectivity index (χ1v) is 6.87. The van der Waals surface area contributed by atoms with Gasteiger partial charge in [0.1, 0.15) is 18.2 Å². The minimum Gasteiger partial charge on any atom is -0.491 e. The quantitative estimate of drug-likeness (QED) is 0.815. The van der Waals surface area contributed by atoms with Crippen molar-refractivity contribution in [1.29, 1.82) is 0 Å². The number of hydrogen-bond acceptors (Lipinski definition) is 4. The fourth-order valence-electron chi connectivity index (χ4n) is 2.31. The summed E-state index contributed by atoms with van der Waals surface area (Å²) >= 11 is 0. The second-order valence-corrected chi connectivity index (χ2v) is 4.80. The zero-order valence-corrected chi connectivity index (χ0v) is 11.6. The molecule has 1 aromatic carbocycles. The summed E-state index contributed by atoms with van der Waals surface area (Å²) in [4.78, 5) is 8.06. The summed E-state index contributed by atoms with van der Waals surface area (Å²) < 4.78 is 10.5. The Labute approximate surface area is 118 Å². The van der Waals surface area contributed by atoms with Crippen LogP contribution in [-0.2, 0) is 17.7 Å². The van der Waals surface area contributed by atoms with Crippen molar-refractivity contribution in [1.82, 2.24) is 15.3 Å². The summed E-state index contributed by atoms with van der Waals surface area (Å²) in [5.74, 6) is 1.78. The molecule has 0 unspecified atom stereocenters. The zero-order valence-electron chi connectivity index (χ0n) is 11.6. The van der Waals surface area contributed by atoms with Crippen molar-refractivity contribution in [3.63, 3.8) is 0 Å². The van der Waals surface area contributed by atoms with Crippen LogP contribution in [0.3, 0.4) is 0 Å². The molecule has 0 atom stereocenters. The molecule has 1 aromatic heterocycles. The van der Waals surface area contributed by atoms with Crippen molar-refractivity contribution in [3.05, 3.63) is 35.7 Å². The molecule has 0 fully saturated rings. The fraction of sp³-hybridized carbons (Fsp3) is 0.400. The summed E-state index contributed by atoms with van der Waals surface area (Å²) in [7, 11) is 1.67. The van der Waals surface area contributed by atoms with Gasteiger partial charge in [-0.25, -0.2) is 4.98 Å².